The number of thioether (sulfide) groups is 2. The summed E-state index contributed by atoms with van der Waals surface area (Å²) in [4.78, 5) is 92.7. The monoisotopic (exact) mass is 1140 g/mol. The highest BCUT2D eigenvalue weighted by molar-refractivity contribution is 8.00. The van der Waals surface area contributed by atoms with Gasteiger partial charge >= 0.3 is 0 Å². The molecule has 6 amide bonds. The highest BCUT2D eigenvalue weighted by Gasteiger charge is 2.57. The Morgan fingerprint density at radius 2 is 0.910 bits per heavy atom. The van der Waals surface area contributed by atoms with Crippen LogP contribution in [0.3, 0.4) is 0 Å². The molecule has 9 rings (SSSR count). The largest absolute Gasteiger partial charge is 0.367 e. The number of rotatable bonds is 14. The number of amides is 6. The Morgan fingerprint density at radius 1 is 0.538 bits per heavy atom. The third kappa shape index (κ3) is 12.1. The van der Waals surface area contributed by atoms with Crippen LogP contribution in [0.2, 0.25) is 0 Å². The summed E-state index contributed by atoms with van der Waals surface area (Å²) in [6, 6.07) is 11.8. The number of carbonyl (C=O) groups excluding carboxylic acids is 6. The van der Waals surface area contributed by atoms with Crippen molar-refractivity contribution in [2.24, 2.45) is 22.7 Å². The average Bonchev–Trinajstić information content (AvgIpc) is 3.84. The lowest BCUT2D eigenvalue weighted by atomic mass is 9.77. The summed E-state index contributed by atoms with van der Waals surface area (Å²) in [5.41, 5.74) is 2.98. The lowest BCUT2D eigenvalue weighted by molar-refractivity contribution is -0.143. The number of hydrogen-bond acceptors (Lipinski definition) is 12. The summed E-state index contributed by atoms with van der Waals surface area (Å²) in [6.45, 7) is 12.1. The van der Waals surface area contributed by atoms with Crippen LogP contribution in [0.25, 0.3) is 0 Å². The van der Waals surface area contributed by atoms with E-state index in [2.05, 4.69) is 82.4 Å². The van der Waals surface area contributed by atoms with Crippen molar-refractivity contribution in [2.45, 2.75) is 190 Å². The first-order valence-corrected chi connectivity index (χ1v) is 31.3. The van der Waals surface area contributed by atoms with E-state index in [0.29, 0.717) is 87.0 Å². The second-order valence-electron chi connectivity index (χ2n) is 24.3. The number of nitrogens with one attached hydrogen (secondary N) is 8. The van der Waals surface area contributed by atoms with E-state index in [0.717, 1.165) is 33.8 Å². The number of thiocarbonyl (C=S) groups is 2. The molecule has 0 aromatic heterocycles. The van der Waals surface area contributed by atoms with Crippen molar-refractivity contribution in [3.63, 3.8) is 0 Å². The minimum Gasteiger partial charge on any atom is -0.367 e. The first kappa shape index (κ1) is 58.3. The SMILES string of the molecule is CN[C@@H](C)C(=S)N[C@H]1CCS[C@H]2CC(C)(C)[C@@H](C(=O)N[C@H]3c4ccccc4CC[C@H]3C(=O)N[C@H]3CC[C@H](NC(=O)[C@@H]4CCc5ccccc5[C@@H]4NC(=O)[C@H]4N5C(=O)[C@@H](NC(=S)[C@H](C)NC)CCS[C@H]5CC4(C)C)CC3)N2C1=O. The number of hydrogen-bond donors (Lipinski definition) is 8. The Labute approximate surface area is 480 Å². The van der Waals surface area contributed by atoms with E-state index in [1.54, 1.807) is 33.3 Å². The minimum absolute atomic E-state index is 0.112. The summed E-state index contributed by atoms with van der Waals surface area (Å²) in [5, 5.41) is 26.1. The van der Waals surface area contributed by atoms with Gasteiger partial charge in [-0.05, 0) is 150 Å². The Hall–Kier alpha value is -4.34. The average molecular weight is 1140 g/mol. The lowest BCUT2D eigenvalue weighted by Gasteiger charge is -2.39. The third-order valence-corrected chi connectivity index (χ3v) is 21.5. The summed E-state index contributed by atoms with van der Waals surface area (Å²) < 4.78 is 0. The predicted octanol–water partition coefficient (Wildman–Crippen LogP) is 5.34. The van der Waals surface area contributed by atoms with Crippen LogP contribution >= 0.6 is 48.0 Å². The quantitative estimate of drug-likeness (QED) is 0.113. The molecule has 2 aromatic carbocycles. The lowest BCUT2D eigenvalue weighted by Crippen LogP contribution is -2.58. The second-order valence-corrected chi connectivity index (χ2v) is 27.7. The smallest absolute Gasteiger partial charge is 0.246 e. The summed E-state index contributed by atoms with van der Waals surface area (Å²) in [6.07, 6.45) is 7.68. The molecule has 4 aliphatic heterocycles. The highest BCUT2D eigenvalue weighted by atomic mass is 32.2. The maximum atomic E-state index is 14.9. The molecule has 8 N–H and O–H groups in total. The van der Waals surface area contributed by atoms with Crippen molar-refractivity contribution in [3.8, 4) is 0 Å². The van der Waals surface area contributed by atoms with Crippen LogP contribution in [-0.4, -0.2) is 140 Å². The number of carbonyl (C=O) groups is 6. The first-order valence-electron chi connectivity index (χ1n) is 28.4. The summed E-state index contributed by atoms with van der Waals surface area (Å²) in [7, 11) is 3.66. The van der Waals surface area contributed by atoms with Gasteiger partial charge in [-0.25, -0.2) is 0 Å². The van der Waals surface area contributed by atoms with Gasteiger partial charge < -0.3 is 52.3 Å². The van der Waals surface area contributed by atoms with Gasteiger partial charge in [-0.15, -0.1) is 23.5 Å². The molecular weight excluding hydrogens is 1060 g/mol. The zero-order valence-corrected chi connectivity index (χ0v) is 49.8. The fourth-order valence-electron chi connectivity index (χ4n) is 13.5. The van der Waals surface area contributed by atoms with Crippen LogP contribution in [-0.2, 0) is 41.6 Å². The van der Waals surface area contributed by atoms with E-state index in [1.165, 1.54) is 0 Å². The Morgan fingerprint density at radius 3 is 1.28 bits per heavy atom. The number of fused-ring (bicyclic) bond motifs is 4. The molecular formula is C58H82N10O6S4. The Kier molecular flexibility index (Phi) is 18.2. The van der Waals surface area contributed by atoms with E-state index in [-0.39, 0.29) is 70.4 Å². The van der Waals surface area contributed by atoms with Crippen LogP contribution in [0.15, 0.2) is 48.5 Å². The maximum Gasteiger partial charge on any atom is 0.246 e. The van der Waals surface area contributed by atoms with Crippen LogP contribution in [0.5, 0.6) is 0 Å². The topological polar surface area (TPSA) is 205 Å². The van der Waals surface area contributed by atoms with Crippen molar-refractivity contribution in [3.05, 3.63) is 70.8 Å². The first-order chi connectivity index (χ1) is 37.2. The molecule has 4 heterocycles. The molecule has 0 unspecified atom stereocenters. The van der Waals surface area contributed by atoms with Crippen molar-refractivity contribution in [1.82, 2.24) is 52.3 Å². The minimum atomic E-state index is -0.747. The predicted molar refractivity (Wildman–Crippen MR) is 316 cm³/mol. The van der Waals surface area contributed by atoms with Gasteiger partial charge in [-0.2, -0.15) is 0 Å². The van der Waals surface area contributed by atoms with Crippen molar-refractivity contribution >= 4 is 93.4 Å². The fraction of sp³-hybridized carbons (Fsp3) is 0.655. The number of benzene rings is 2. The van der Waals surface area contributed by atoms with Gasteiger partial charge in [0.1, 0.15) is 24.2 Å². The van der Waals surface area contributed by atoms with E-state index in [4.69, 9.17) is 24.4 Å². The van der Waals surface area contributed by atoms with Gasteiger partial charge in [0.15, 0.2) is 0 Å². The Bertz CT molecular complexity index is 2450. The molecule has 1 saturated carbocycles. The molecule has 2 aromatic rings. The molecule has 424 valence electrons. The van der Waals surface area contributed by atoms with Crippen molar-refractivity contribution in [1.29, 1.82) is 0 Å². The van der Waals surface area contributed by atoms with Crippen LogP contribution in [0, 0.1) is 22.7 Å². The Balaban J connectivity index is 0.846. The third-order valence-electron chi connectivity index (χ3n) is 18.1. The number of nitrogens with zero attached hydrogens (tertiary/aromatic N) is 2. The second kappa shape index (κ2) is 24.4. The summed E-state index contributed by atoms with van der Waals surface area (Å²) >= 11 is 14.7. The molecule has 0 radical (unpaired) electrons. The number of aryl methyl sites for hydroxylation is 2. The van der Waals surface area contributed by atoms with Gasteiger partial charge in [0.2, 0.25) is 35.4 Å². The number of likely N-dealkylation sites (N-methyl/N-ethyl adjacent to an activating group) is 2. The zero-order chi connectivity index (χ0) is 55.8. The van der Waals surface area contributed by atoms with Gasteiger partial charge in [0.05, 0.1) is 56.7 Å². The molecule has 0 bridgehead atoms. The molecule has 78 heavy (non-hydrogen) atoms. The van der Waals surface area contributed by atoms with E-state index in [1.807, 2.05) is 64.3 Å². The summed E-state index contributed by atoms with van der Waals surface area (Å²) in [5.74, 6) is -0.553. The molecule has 7 aliphatic rings. The van der Waals surface area contributed by atoms with Crippen molar-refractivity contribution < 1.29 is 28.8 Å². The van der Waals surface area contributed by atoms with Crippen LogP contribution in [0.4, 0.5) is 0 Å². The van der Waals surface area contributed by atoms with Gasteiger partial charge in [0.25, 0.3) is 0 Å². The molecule has 5 fully saturated rings. The zero-order valence-electron chi connectivity index (χ0n) is 46.6. The van der Waals surface area contributed by atoms with E-state index < -0.39 is 58.9 Å². The molecule has 16 nitrogen and oxygen atoms in total. The maximum absolute atomic E-state index is 14.9. The highest BCUT2D eigenvalue weighted by Crippen LogP contribution is 2.49. The molecule has 12 atom stereocenters. The normalized spacial score (nSPS) is 31.8. The van der Waals surface area contributed by atoms with E-state index in [9.17, 15) is 28.8 Å². The van der Waals surface area contributed by atoms with Gasteiger partial charge in [-0.3, -0.25) is 28.8 Å². The molecule has 0 spiro atoms. The van der Waals surface area contributed by atoms with Crippen molar-refractivity contribution in [2.75, 3.05) is 25.6 Å². The van der Waals surface area contributed by atoms with Crippen LogP contribution in [0.1, 0.15) is 140 Å². The molecule has 4 saturated heterocycles. The van der Waals surface area contributed by atoms with Gasteiger partial charge in [-0.1, -0.05) is 101 Å². The van der Waals surface area contributed by atoms with Gasteiger partial charge in [0, 0.05) is 12.1 Å². The fourth-order valence-corrected chi connectivity index (χ4v) is 17.1. The molecule has 3 aliphatic carbocycles. The molecule has 20 heteroatoms. The standard InChI is InChI=1S/C58H82N10O6S4/c1-31(59-7)53(75)63-41-25-27-77-43-29-57(3,4)47(67(43)55(41)73)51(71)65-45-37-15-11-9-13-33(37)17-23-39(45)49(69)61-35-19-21-36(22-20-35)62-50(70)40-24-18-34-14-10-12-16-38(34)46(40)66-52(72)48-58(5,6)30-44-68(48)56(74)42(26-28-78-44)64-54(76)32(2)60-8/h9-16,31-32,35-36,39-48,59-60H,17-30H2,1-8H3,(H,61,69)(H,62,70)(H,63,75)(H,64,76)(H,65,71)(H,66,72)/t31-,32-,35-,36-,39+,40+,41-,42-,43-,44-,45-,46-,47+,48+/m0/s1. The van der Waals surface area contributed by atoms with Crippen LogP contribution < -0.4 is 42.5 Å². The van der Waals surface area contributed by atoms with E-state index >= 15 is 0 Å².